The van der Waals surface area contributed by atoms with Crippen molar-refractivity contribution in [2.75, 3.05) is 14.1 Å². The molecular weight excluding hydrogens is 364 g/mol. The van der Waals surface area contributed by atoms with Gasteiger partial charge in [-0.1, -0.05) is 11.3 Å². The molecule has 132 valence electrons. The SMILES string of the molecule is Cc1nnc2sc(CNC(=O)c3ccc(S(=O)(=O)N(C)C)cc3)nn12. The maximum Gasteiger partial charge on any atom is 0.251 e. The van der Waals surface area contributed by atoms with Crippen LogP contribution in [-0.4, -0.2) is 52.5 Å². The topological polar surface area (TPSA) is 110 Å². The molecule has 0 unspecified atom stereocenters. The Morgan fingerprint density at radius 2 is 1.92 bits per heavy atom. The molecule has 0 spiro atoms. The number of nitrogens with zero attached hydrogens (tertiary/aromatic N) is 5. The summed E-state index contributed by atoms with van der Waals surface area (Å²) < 4.78 is 26.8. The molecule has 1 aromatic carbocycles. The van der Waals surface area contributed by atoms with E-state index >= 15 is 0 Å². The Morgan fingerprint density at radius 1 is 1.24 bits per heavy atom. The quantitative estimate of drug-likeness (QED) is 0.697. The second-order valence-electron chi connectivity index (χ2n) is 5.43. The largest absolute Gasteiger partial charge is 0.345 e. The summed E-state index contributed by atoms with van der Waals surface area (Å²) in [4.78, 5) is 13.0. The van der Waals surface area contributed by atoms with Crippen molar-refractivity contribution in [3.63, 3.8) is 0 Å². The molecule has 9 nitrogen and oxygen atoms in total. The van der Waals surface area contributed by atoms with Crippen LogP contribution in [0.4, 0.5) is 0 Å². The lowest BCUT2D eigenvalue weighted by Crippen LogP contribution is -2.24. The highest BCUT2D eigenvalue weighted by Gasteiger charge is 2.17. The minimum atomic E-state index is -3.51. The van der Waals surface area contributed by atoms with Crippen LogP contribution in [0, 0.1) is 6.92 Å². The zero-order valence-electron chi connectivity index (χ0n) is 13.8. The van der Waals surface area contributed by atoms with Crippen molar-refractivity contribution in [1.82, 2.24) is 29.4 Å². The number of amides is 1. The molecule has 0 radical (unpaired) electrons. The normalized spacial score (nSPS) is 12.0. The van der Waals surface area contributed by atoms with Gasteiger partial charge in [-0.2, -0.15) is 9.61 Å². The number of sulfonamides is 1. The molecule has 0 aliphatic rings. The van der Waals surface area contributed by atoms with Gasteiger partial charge >= 0.3 is 0 Å². The fraction of sp³-hybridized carbons (Fsp3) is 0.286. The summed E-state index contributed by atoms with van der Waals surface area (Å²) in [6.07, 6.45) is 0. The fourth-order valence-electron chi connectivity index (χ4n) is 2.07. The zero-order chi connectivity index (χ0) is 18.2. The third kappa shape index (κ3) is 3.38. The van der Waals surface area contributed by atoms with Crippen LogP contribution in [0.2, 0.25) is 0 Å². The average Bonchev–Trinajstić information content (AvgIpc) is 3.14. The Kier molecular flexibility index (Phi) is 4.54. The average molecular weight is 380 g/mol. The van der Waals surface area contributed by atoms with Gasteiger partial charge in [0.25, 0.3) is 5.91 Å². The van der Waals surface area contributed by atoms with Crippen LogP contribution in [0.3, 0.4) is 0 Å². The number of hydrogen-bond acceptors (Lipinski definition) is 7. The summed E-state index contributed by atoms with van der Waals surface area (Å²) in [5.74, 6) is 0.373. The smallest absolute Gasteiger partial charge is 0.251 e. The van der Waals surface area contributed by atoms with Gasteiger partial charge in [0.05, 0.1) is 11.4 Å². The Labute approximate surface area is 148 Å². The van der Waals surface area contributed by atoms with Crippen LogP contribution in [0.1, 0.15) is 21.2 Å². The van der Waals surface area contributed by atoms with Gasteiger partial charge < -0.3 is 5.32 Å². The molecule has 2 aromatic heterocycles. The van der Waals surface area contributed by atoms with Crippen molar-refractivity contribution in [2.45, 2.75) is 18.4 Å². The van der Waals surface area contributed by atoms with E-state index in [9.17, 15) is 13.2 Å². The number of carbonyl (C=O) groups is 1. The van der Waals surface area contributed by atoms with Gasteiger partial charge in [0.1, 0.15) is 5.01 Å². The monoisotopic (exact) mass is 380 g/mol. The highest BCUT2D eigenvalue weighted by atomic mass is 32.2. The van der Waals surface area contributed by atoms with Crippen molar-refractivity contribution < 1.29 is 13.2 Å². The van der Waals surface area contributed by atoms with Gasteiger partial charge in [-0.25, -0.2) is 12.7 Å². The molecule has 1 amide bonds. The Balaban J connectivity index is 1.69. The highest BCUT2D eigenvalue weighted by molar-refractivity contribution is 7.89. The molecule has 0 bridgehead atoms. The first-order valence-electron chi connectivity index (χ1n) is 7.27. The van der Waals surface area contributed by atoms with E-state index in [1.54, 1.807) is 11.4 Å². The van der Waals surface area contributed by atoms with Crippen molar-refractivity contribution in [2.24, 2.45) is 0 Å². The third-order valence-electron chi connectivity index (χ3n) is 3.48. The van der Waals surface area contributed by atoms with E-state index in [1.807, 2.05) is 0 Å². The Bertz CT molecular complexity index is 1020. The van der Waals surface area contributed by atoms with Gasteiger partial charge in [0.2, 0.25) is 15.0 Å². The number of hydrogen-bond donors (Lipinski definition) is 1. The first-order valence-corrected chi connectivity index (χ1v) is 9.53. The van der Waals surface area contributed by atoms with Gasteiger partial charge in [-0.3, -0.25) is 4.79 Å². The van der Waals surface area contributed by atoms with E-state index in [0.717, 1.165) is 4.31 Å². The number of aryl methyl sites for hydroxylation is 1. The van der Waals surface area contributed by atoms with Crippen LogP contribution >= 0.6 is 11.3 Å². The molecule has 11 heteroatoms. The summed E-state index contributed by atoms with van der Waals surface area (Å²) in [6, 6.07) is 5.79. The lowest BCUT2D eigenvalue weighted by atomic mass is 10.2. The van der Waals surface area contributed by atoms with Crippen LogP contribution in [-0.2, 0) is 16.6 Å². The van der Waals surface area contributed by atoms with Crippen molar-refractivity contribution in [3.8, 4) is 0 Å². The minimum Gasteiger partial charge on any atom is -0.345 e. The molecule has 0 aliphatic heterocycles. The Morgan fingerprint density at radius 3 is 2.52 bits per heavy atom. The van der Waals surface area contributed by atoms with E-state index < -0.39 is 10.0 Å². The predicted molar refractivity (Wildman–Crippen MR) is 91.9 cm³/mol. The van der Waals surface area contributed by atoms with Gasteiger partial charge in [-0.05, 0) is 31.2 Å². The van der Waals surface area contributed by atoms with E-state index in [-0.39, 0.29) is 17.3 Å². The van der Waals surface area contributed by atoms with Crippen molar-refractivity contribution in [1.29, 1.82) is 0 Å². The zero-order valence-corrected chi connectivity index (χ0v) is 15.4. The first kappa shape index (κ1) is 17.5. The molecule has 0 aliphatic carbocycles. The number of fused-ring (bicyclic) bond motifs is 1. The van der Waals surface area contributed by atoms with Crippen LogP contribution < -0.4 is 5.32 Å². The summed E-state index contributed by atoms with van der Waals surface area (Å²) in [5, 5.41) is 15.6. The summed E-state index contributed by atoms with van der Waals surface area (Å²) in [5.41, 5.74) is 0.372. The first-order chi connectivity index (χ1) is 11.8. The van der Waals surface area contributed by atoms with Gasteiger partial charge in [0.15, 0.2) is 5.82 Å². The molecule has 3 rings (SSSR count). The van der Waals surface area contributed by atoms with E-state index in [2.05, 4.69) is 20.6 Å². The predicted octanol–water partition coefficient (Wildman–Crippen LogP) is 0.675. The molecule has 3 aromatic rings. The third-order valence-corrected chi connectivity index (χ3v) is 6.21. The van der Waals surface area contributed by atoms with Gasteiger partial charge in [0, 0.05) is 19.7 Å². The van der Waals surface area contributed by atoms with E-state index in [4.69, 9.17) is 0 Å². The minimum absolute atomic E-state index is 0.137. The van der Waals surface area contributed by atoms with E-state index in [0.29, 0.717) is 21.4 Å². The summed E-state index contributed by atoms with van der Waals surface area (Å²) >= 11 is 1.34. The standard InChI is InChI=1S/C14H16N6O3S2/c1-9-16-17-14-20(9)18-12(24-14)8-15-13(21)10-4-6-11(7-5-10)25(22,23)19(2)3/h4-7H,8H2,1-3H3,(H,15,21). The second-order valence-corrected chi connectivity index (χ2v) is 8.62. The number of nitrogens with one attached hydrogen (secondary N) is 1. The molecule has 0 atom stereocenters. The fourth-order valence-corrected chi connectivity index (χ4v) is 3.79. The number of carbonyl (C=O) groups excluding carboxylic acids is 1. The molecule has 2 heterocycles. The van der Waals surface area contributed by atoms with E-state index in [1.165, 1.54) is 49.7 Å². The molecule has 0 saturated heterocycles. The van der Waals surface area contributed by atoms with Crippen LogP contribution in [0.5, 0.6) is 0 Å². The summed E-state index contributed by atoms with van der Waals surface area (Å²) in [7, 11) is -0.597. The number of rotatable bonds is 5. The summed E-state index contributed by atoms with van der Waals surface area (Å²) in [6.45, 7) is 2.05. The van der Waals surface area contributed by atoms with Crippen molar-refractivity contribution >= 4 is 32.2 Å². The molecular formula is C14H16N6O3S2. The maximum absolute atomic E-state index is 12.2. The number of aromatic nitrogens is 4. The second kappa shape index (κ2) is 6.50. The van der Waals surface area contributed by atoms with Crippen LogP contribution in [0.25, 0.3) is 4.96 Å². The lowest BCUT2D eigenvalue weighted by molar-refractivity contribution is 0.0950. The number of benzene rings is 1. The molecule has 25 heavy (non-hydrogen) atoms. The molecule has 0 fully saturated rings. The molecule has 1 N–H and O–H groups in total. The van der Waals surface area contributed by atoms with Crippen LogP contribution in [0.15, 0.2) is 29.2 Å². The lowest BCUT2D eigenvalue weighted by Gasteiger charge is -2.11. The molecule has 0 saturated carbocycles. The highest BCUT2D eigenvalue weighted by Crippen LogP contribution is 2.15. The maximum atomic E-state index is 12.2. The Hall–Kier alpha value is -2.37. The van der Waals surface area contributed by atoms with Gasteiger partial charge in [-0.15, -0.1) is 10.2 Å². The van der Waals surface area contributed by atoms with Crippen molar-refractivity contribution in [3.05, 3.63) is 40.7 Å².